The third kappa shape index (κ3) is 3.57. The van der Waals surface area contributed by atoms with Gasteiger partial charge in [0, 0.05) is 12.6 Å². The minimum atomic E-state index is 0.318. The molecule has 0 heterocycles. The van der Waals surface area contributed by atoms with E-state index in [9.17, 15) is 0 Å². The third-order valence-electron chi connectivity index (χ3n) is 2.62. The summed E-state index contributed by atoms with van der Waals surface area (Å²) in [5, 5.41) is 4.59. The molecule has 1 heteroatoms. The zero-order valence-electron chi connectivity index (χ0n) is 9.19. The Kier molecular flexibility index (Phi) is 6.45. The van der Waals surface area contributed by atoms with Crippen LogP contribution in [0.1, 0.15) is 59.3 Å². The third-order valence-corrected chi connectivity index (χ3v) is 2.62. The first-order valence-corrected chi connectivity index (χ1v) is 5.35. The van der Waals surface area contributed by atoms with Crippen LogP contribution in [0.3, 0.4) is 0 Å². The van der Waals surface area contributed by atoms with Gasteiger partial charge in [0.1, 0.15) is 0 Å². The standard InChI is InChI=1S/C11H24N/c1-5-8-11(12-4,9-6-2)10-7-3/h5-10H2,1-4H3. The Balaban J connectivity index is 4.06. The van der Waals surface area contributed by atoms with E-state index < -0.39 is 0 Å². The Hall–Kier alpha value is -0.0400. The van der Waals surface area contributed by atoms with Gasteiger partial charge in [-0.3, -0.25) is 0 Å². The van der Waals surface area contributed by atoms with E-state index in [2.05, 4.69) is 26.1 Å². The molecule has 0 aromatic heterocycles. The number of hydrogen-bond acceptors (Lipinski definition) is 0. The molecule has 0 bridgehead atoms. The summed E-state index contributed by atoms with van der Waals surface area (Å²) in [5.74, 6) is 0. The first kappa shape index (κ1) is 12.0. The maximum absolute atomic E-state index is 4.59. The van der Waals surface area contributed by atoms with Gasteiger partial charge >= 0.3 is 0 Å². The van der Waals surface area contributed by atoms with Crippen LogP contribution in [0.15, 0.2) is 0 Å². The summed E-state index contributed by atoms with van der Waals surface area (Å²) in [6.45, 7) is 6.77. The summed E-state index contributed by atoms with van der Waals surface area (Å²) in [4.78, 5) is 0. The van der Waals surface area contributed by atoms with Gasteiger partial charge in [0.2, 0.25) is 0 Å². The predicted molar refractivity (Wildman–Crippen MR) is 55.5 cm³/mol. The van der Waals surface area contributed by atoms with Gasteiger partial charge in [-0.05, 0) is 19.3 Å². The van der Waals surface area contributed by atoms with Crippen molar-refractivity contribution < 1.29 is 0 Å². The van der Waals surface area contributed by atoms with Gasteiger partial charge in [-0.15, -0.1) is 0 Å². The average Bonchev–Trinajstić information content (AvgIpc) is 2.06. The molecule has 12 heavy (non-hydrogen) atoms. The molecule has 0 atom stereocenters. The quantitative estimate of drug-likeness (QED) is 0.556. The molecular formula is C11H24N. The lowest BCUT2D eigenvalue weighted by Gasteiger charge is -2.31. The second-order valence-electron chi connectivity index (χ2n) is 3.70. The summed E-state index contributed by atoms with van der Waals surface area (Å²) in [6, 6.07) is 0. The van der Waals surface area contributed by atoms with E-state index in [1.165, 1.54) is 38.5 Å². The number of hydrogen-bond donors (Lipinski definition) is 0. The molecule has 0 rings (SSSR count). The lowest BCUT2D eigenvalue weighted by molar-refractivity contribution is 0.266. The molecule has 0 aliphatic heterocycles. The van der Waals surface area contributed by atoms with Gasteiger partial charge in [0.15, 0.2) is 0 Å². The molecule has 0 aliphatic carbocycles. The van der Waals surface area contributed by atoms with Crippen LogP contribution in [0.25, 0.3) is 0 Å². The summed E-state index contributed by atoms with van der Waals surface area (Å²) in [7, 11) is 1.99. The van der Waals surface area contributed by atoms with Crippen LogP contribution in [0.2, 0.25) is 0 Å². The smallest absolute Gasteiger partial charge is 0.0353 e. The minimum absolute atomic E-state index is 0.318. The molecule has 73 valence electrons. The van der Waals surface area contributed by atoms with Gasteiger partial charge in [-0.2, -0.15) is 0 Å². The van der Waals surface area contributed by atoms with Crippen LogP contribution in [0.4, 0.5) is 0 Å². The van der Waals surface area contributed by atoms with Gasteiger partial charge in [0.25, 0.3) is 0 Å². The van der Waals surface area contributed by atoms with Crippen molar-refractivity contribution in [3.05, 3.63) is 0 Å². The summed E-state index contributed by atoms with van der Waals surface area (Å²) in [6.07, 6.45) is 7.59. The highest BCUT2D eigenvalue weighted by molar-refractivity contribution is 4.84. The Morgan fingerprint density at radius 3 is 1.33 bits per heavy atom. The Labute approximate surface area is 77.9 Å². The lowest BCUT2D eigenvalue weighted by Crippen LogP contribution is -2.37. The van der Waals surface area contributed by atoms with Crippen LogP contribution < -0.4 is 5.32 Å². The summed E-state index contributed by atoms with van der Waals surface area (Å²) in [5.41, 5.74) is 0.318. The fourth-order valence-corrected chi connectivity index (χ4v) is 2.11. The van der Waals surface area contributed by atoms with Crippen LogP contribution in [-0.4, -0.2) is 12.6 Å². The molecule has 0 aromatic carbocycles. The van der Waals surface area contributed by atoms with E-state index in [-0.39, 0.29) is 0 Å². The number of rotatable bonds is 7. The fraction of sp³-hybridized carbons (Fsp3) is 1.00. The van der Waals surface area contributed by atoms with Crippen LogP contribution in [0, 0.1) is 0 Å². The molecular weight excluding hydrogens is 146 g/mol. The fourth-order valence-electron chi connectivity index (χ4n) is 2.11. The van der Waals surface area contributed by atoms with E-state index in [0.29, 0.717) is 5.54 Å². The molecule has 0 aromatic rings. The van der Waals surface area contributed by atoms with Gasteiger partial charge < -0.3 is 0 Å². The minimum Gasteiger partial charge on any atom is -0.238 e. The van der Waals surface area contributed by atoms with Gasteiger partial charge in [0.05, 0.1) is 0 Å². The van der Waals surface area contributed by atoms with Crippen molar-refractivity contribution in [2.24, 2.45) is 0 Å². The molecule has 0 fully saturated rings. The second kappa shape index (κ2) is 6.47. The first-order chi connectivity index (χ1) is 5.74. The van der Waals surface area contributed by atoms with E-state index >= 15 is 0 Å². The van der Waals surface area contributed by atoms with Crippen molar-refractivity contribution in [2.75, 3.05) is 7.05 Å². The maximum Gasteiger partial charge on any atom is 0.0353 e. The molecule has 0 saturated heterocycles. The molecule has 1 nitrogen and oxygen atoms in total. The SMILES string of the molecule is CCCC(CCC)(CCC)[N]C. The number of nitrogens with zero attached hydrogens (tertiary/aromatic N) is 1. The Morgan fingerprint density at radius 2 is 1.17 bits per heavy atom. The van der Waals surface area contributed by atoms with Crippen molar-refractivity contribution in [1.82, 2.24) is 5.32 Å². The van der Waals surface area contributed by atoms with E-state index in [0.717, 1.165) is 0 Å². The average molecular weight is 170 g/mol. The molecule has 0 N–H and O–H groups in total. The molecule has 0 aliphatic rings. The second-order valence-corrected chi connectivity index (χ2v) is 3.70. The van der Waals surface area contributed by atoms with Crippen molar-refractivity contribution in [3.63, 3.8) is 0 Å². The molecule has 1 radical (unpaired) electrons. The van der Waals surface area contributed by atoms with Crippen LogP contribution in [0.5, 0.6) is 0 Å². The summed E-state index contributed by atoms with van der Waals surface area (Å²) < 4.78 is 0. The zero-order valence-corrected chi connectivity index (χ0v) is 9.19. The topological polar surface area (TPSA) is 14.1 Å². The van der Waals surface area contributed by atoms with E-state index in [4.69, 9.17) is 0 Å². The van der Waals surface area contributed by atoms with Crippen molar-refractivity contribution in [2.45, 2.75) is 64.8 Å². The monoisotopic (exact) mass is 170 g/mol. The predicted octanol–water partition coefficient (Wildman–Crippen LogP) is 3.36. The Bertz CT molecular complexity index is 82.2. The molecule has 0 amide bonds. The van der Waals surface area contributed by atoms with E-state index in [1.54, 1.807) is 0 Å². The molecule has 0 unspecified atom stereocenters. The largest absolute Gasteiger partial charge is 0.238 e. The highest BCUT2D eigenvalue weighted by Crippen LogP contribution is 2.25. The normalized spacial score (nSPS) is 12.0. The Morgan fingerprint density at radius 1 is 0.833 bits per heavy atom. The molecule has 0 saturated carbocycles. The first-order valence-electron chi connectivity index (χ1n) is 5.35. The lowest BCUT2D eigenvalue weighted by atomic mass is 9.84. The highest BCUT2D eigenvalue weighted by atomic mass is 14.9. The zero-order chi connectivity index (χ0) is 9.45. The van der Waals surface area contributed by atoms with Crippen molar-refractivity contribution in [1.29, 1.82) is 0 Å². The van der Waals surface area contributed by atoms with E-state index in [1.807, 2.05) is 7.05 Å². The van der Waals surface area contributed by atoms with Crippen LogP contribution >= 0.6 is 0 Å². The van der Waals surface area contributed by atoms with Crippen molar-refractivity contribution >= 4 is 0 Å². The molecule has 0 spiro atoms. The summed E-state index contributed by atoms with van der Waals surface area (Å²) >= 11 is 0. The van der Waals surface area contributed by atoms with Crippen molar-refractivity contribution in [3.8, 4) is 0 Å². The highest BCUT2D eigenvalue weighted by Gasteiger charge is 2.25. The van der Waals surface area contributed by atoms with Gasteiger partial charge in [-0.1, -0.05) is 40.0 Å². The van der Waals surface area contributed by atoms with Gasteiger partial charge in [-0.25, -0.2) is 5.32 Å². The van der Waals surface area contributed by atoms with Crippen LogP contribution in [-0.2, 0) is 0 Å². The maximum atomic E-state index is 4.59.